The summed E-state index contributed by atoms with van der Waals surface area (Å²) in [5.41, 5.74) is 6.66. The highest BCUT2D eigenvalue weighted by atomic mass is 19.1. The maximum Gasteiger partial charge on any atom is 0.227 e. The van der Waals surface area contributed by atoms with Gasteiger partial charge in [0.25, 0.3) is 0 Å². The SMILES string of the molecule is Nc1cnc(Nc2ccc(F)cc2)nc1. The van der Waals surface area contributed by atoms with E-state index in [1.165, 1.54) is 24.5 Å². The van der Waals surface area contributed by atoms with Crippen molar-refractivity contribution in [1.82, 2.24) is 9.97 Å². The monoisotopic (exact) mass is 204 g/mol. The lowest BCUT2D eigenvalue weighted by Gasteiger charge is -2.03. The molecule has 0 amide bonds. The van der Waals surface area contributed by atoms with Crippen molar-refractivity contribution in [3.63, 3.8) is 0 Å². The van der Waals surface area contributed by atoms with Gasteiger partial charge in [-0.15, -0.1) is 0 Å². The molecule has 0 aliphatic heterocycles. The molecular weight excluding hydrogens is 195 g/mol. The number of halogens is 1. The number of rotatable bonds is 2. The van der Waals surface area contributed by atoms with Crippen molar-refractivity contribution in [2.24, 2.45) is 0 Å². The molecule has 0 fully saturated rings. The van der Waals surface area contributed by atoms with Gasteiger partial charge < -0.3 is 11.1 Å². The number of nitrogen functional groups attached to an aromatic ring is 1. The van der Waals surface area contributed by atoms with E-state index < -0.39 is 0 Å². The number of nitrogens with zero attached hydrogens (tertiary/aromatic N) is 2. The smallest absolute Gasteiger partial charge is 0.227 e. The number of anilines is 3. The Morgan fingerprint density at radius 2 is 1.67 bits per heavy atom. The molecule has 0 atom stereocenters. The predicted octanol–water partition coefficient (Wildman–Crippen LogP) is 1.94. The van der Waals surface area contributed by atoms with E-state index in [1.54, 1.807) is 12.1 Å². The maximum atomic E-state index is 12.6. The molecule has 0 radical (unpaired) electrons. The summed E-state index contributed by atoms with van der Waals surface area (Å²) in [5.74, 6) is 0.148. The minimum absolute atomic E-state index is 0.279. The molecule has 0 bridgehead atoms. The van der Waals surface area contributed by atoms with Crippen LogP contribution in [0.3, 0.4) is 0 Å². The first kappa shape index (κ1) is 9.39. The quantitative estimate of drug-likeness (QED) is 0.784. The first-order chi connectivity index (χ1) is 7.24. The molecule has 0 aliphatic rings. The Morgan fingerprint density at radius 3 is 2.27 bits per heavy atom. The van der Waals surface area contributed by atoms with E-state index in [0.717, 1.165) is 5.69 Å². The van der Waals surface area contributed by atoms with Gasteiger partial charge >= 0.3 is 0 Å². The minimum atomic E-state index is -0.279. The Balaban J connectivity index is 2.15. The second kappa shape index (κ2) is 3.91. The highest BCUT2D eigenvalue weighted by molar-refractivity contribution is 5.53. The standard InChI is InChI=1S/C10H9FN4/c11-7-1-3-9(4-2-7)15-10-13-5-8(12)6-14-10/h1-6H,12H2,(H,13,14,15). The van der Waals surface area contributed by atoms with Crippen LogP contribution in [0.2, 0.25) is 0 Å². The third-order valence-electron chi connectivity index (χ3n) is 1.77. The van der Waals surface area contributed by atoms with Crippen molar-refractivity contribution in [3.05, 3.63) is 42.5 Å². The predicted molar refractivity (Wildman–Crippen MR) is 56.1 cm³/mol. The summed E-state index contributed by atoms with van der Waals surface area (Å²) in [7, 11) is 0. The van der Waals surface area contributed by atoms with Crippen molar-refractivity contribution >= 4 is 17.3 Å². The lowest BCUT2D eigenvalue weighted by atomic mass is 10.3. The van der Waals surface area contributed by atoms with E-state index in [1.807, 2.05) is 0 Å². The Kier molecular flexibility index (Phi) is 2.45. The molecule has 1 heterocycles. The van der Waals surface area contributed by atoms with E-state index in [4.69, 9.17) is 5.73 Å². The molecule has 0 saturated carbocycles. The van der Waals surface area contributed by atoms with Gasteiger partial charge in [0.2, 0.25) is 5.95 Å². The highest BCUT2D eigenvalue weighted by Gasteiger charge is 1.97. The van der Waals surface area contributed by atoms with Crippen molar-refractivity contribution in [2.75, 3.05) is 11.1 Å². The second-order valence-electron chi connectivity index (χ2n) is 2.97. The number of nitrogens with two attached hydrogens (primary N) is 1. The van der Waals surface area contributed by atoms with Crippen LogP contribution >= 0.6 is 0 Å². The van der Waals surface area contributed by atoms with Crippen LogP contribution in [0.4, 0.5) is 21.7 Å². The fraction of sp³-hybridized carbons (Fsp3) is 0. The van der Waals surface area contributed by atoms with Crippen LogP contribution in [0.1, 0.15) is 0 Å². The molecule has 5 heteroatoms. The summed E-state index contributed by atoms with van der Waals surface area (Å²) >= 11 is 0. The third-order valence-corrected chi connectivity index (χ3v) is 1.77. The fourth-order valence-electron chi connectivity index (χ4n) is 1.06. The number of benzene rings is 1. The van der Waals surface area contributed by atoms with Crippen molar-refractivity contribution in [2.45, 2.75) is 0 Å². The highest BCUT2D eigenvalue weighted by Crippen LogP contribution is 2.13. The van der Waals surface area contributed by atoms with Crippen molar-refractivity contribution in [3.8, 4) is 0 Å². The van der Waals surface area contributed by atoms with E-state index in [2.05, 4.69) is 15.3 Å². The molecule has 0 aliphatic carbocycles. The maximum absolute atomic E-state index is 12.6. The van der Waals surface area contributed by atoms with Crippen LogP contribution in [-0.2, 0) is 0 Å². The molecule has 2 aromatic rings. The van der Waals surface area contributed by atoms with Gasteiger partial charge in [-0.3, -0.25) is 0 Å². The summed E-state index contributed by atoms with van der Waals surface area (Å²) in [6.45, 7) is 0. The summed E-state index contributed by atoms with van der Waals surface area (Å²) in [5, 5.41) is 2.91. The number of hydrogen-bond acceptors (Lipinski definition) is 4. The zero-order valence-electron chi connectivity index (χ0n) is 7.81. The molecule has 1 aromatic carbocycles. The second-order valence-corrected chi connectivity index (χ2v) is 2.97. The van der Waals surface area contributed by atoms with Gasteiger partial charge in [-0.25, -0.2) is 14.4 Å². The molecule has 0 spiro atoms. The van der Waals surface area contributed by atoms with E-state index in [0.29, 0.717) is 11.6 Å². The third kappa shape index (κ3) is 2.40. The lowest BCUT2D eigenvalue weighted by Crippen LogP contribution is -1.97. The van der Waals surface area contributed by atoms with E-state index >= 15 is 0 Å². The minimum Gasteiger partial charge on any atom is -0.396 e. The van der Waals surface area contributed by atoms with Gasteiger partial charge in [0.15, 0.2) is 0 Å². The molecule has 3 N–H and O–H groups in total. The Labute approximate surface area is 86.0 Å². The summed E-state index contributed by atoms with van der Waals surface area (Å²) in [4.78, 5) is 7.91. The normalized spacial score (nSPS) is 9.93. The van der Waals surface area contributed by atoms with Crippen LogP contribution in [0, 0.1) is 5.82 Å². The molecule has 4 nitrogen and oxygen atoms in total. The van der Waals surface area contributed by atoms with Crippen LogP contribution in [-0.4, -0.2) is 9.97 Å². The average Bonchev–Trinajstić information content (AvgIpc) is 2.25. The molecule has 2 rings (SSSR count). The van der Waals surface area contributed by atoms with Crippen LogP contribution in [0.5, 0.6) is 0 Å². The first-order valence-electron chi connectivity index (χ1n) is 4.34. The summed E-state index contributed by atoms with van der Waals surface area (Å²) in [6, 6.07) is 5.93. The molecule has 0 unspecified atom stereocenters. The summed E-state index contributed by atoms with van der Waals surface area (Å²) in [6.07, 6.45) is 3.00. The largest absolute Gasteiger partial charge is 0.396 e. The molecule has 0 saturated heterocycles. The Morgan fingerprint density at radius 1 is 1.07 bits per heavy atom. The summed E-state index contributed by atoms with van der Waals surface area (Å²) < 4.78 is 12.6. The number of aromatic nitrogens is 2. The zero-order chi connectivity index (χ0) is 10.7. The average molecular weight is 204 g/mol. The Bertz CT molecular complexity index is 394. The van der Waals surface area contributed by atoms with Crippen LogP contribution in [0.15, 0.2) is 36.7 Å². The van der Waals surface area contributed by atoms with E-state index in [-0.39, 0.29) is 5.82 Å². The first-order valence-corrected chi connectivity index (χ1v) is 4.34. The van der Waals surface area contributed by atoms with Gasteiger partial charge in [-0.1, -0.05) is 0 Å². The van der Waals surface area contributed by atoms with Gasteiger partial charge in [-0.05, 0) is 24.3 Å². The number of hydrogen-bond donors (Lipinski definition) is 2. The molecule has 76 valence electrons. The lowest BCUT2D eigenvalue weighted by molar-refractivity contribution is 0.628. The van der Waals surface area contributed by atoms with Gasteiger partial charge in [0.05, 0.1) is 18.1 Å². The van der Waals surface area contributed by atoms with E-state index in [9.17, 15) is 4.39 Å². The van der Waals surface area contributed by atoms with Gasteiger partial charge in [-0.2, -0.15) is 0 Å². The molecule has 15 heavy (non-hydrogen) atoms. The number of nitrogens with one attached hydrogen (secondary N) is 1. The van der Waals surface area contributed by atoms with Gasteiger partial charge in [0, 0.05) is 5.69 Å². The molecule has 1 aromatic heterocycles. The van der Waals surface area contributed by atoms with Crippen LogP contribution in [0.25, 0.3) is 0 Å². The van der Waals surface area contributed by atoms with Crippen molar-refractivity contribution < 1.29 is 4.39 Å². The van der Waals surface area contributed by atoms with Crippen LogP contribution < -0.4 is 11.1 Å². The Hall–Kier alpha value is -2.17. The van der Waals surface area contributed by atoms with Crippen molar-refractivity contribution in [1.29, 1.82) is 0 Å². The topological polar surface area (TPSA) is 63.8 Å². The van der Waals surface area contributed by atoms with Gasteiger partial charge in [0.1, 0.15) is 5.82 Å². The molecular formula is C10H9FN4. The fourth-order valence-corrected chi connectivity index (χ4v) is 1.06. The zero-order valence-corrected chi connectivity index (χ0v) is 7.81.